The van der Waals surface area contributed by atoms with E-state index in [4.69, 9.17) is 39.4 Å². The minimum atomic E-state index is -4.61. The predicted molar refractivity (Wildman–Crippen MR) is 167 cm³/mol. The van der Waals surface area contributed by atoms with E-state index in [1.54, 1.807) is 18.2 Å². The maximum Gasteiger partial charge on any atom is 0.393 e. The number of hydrogen-bond donors (Lipinski definition) is 0. The normalized spacial score (nSPS) is 13.2. The smallest absolute Gasteiger partial charge is 0.393 e. The van der Waals surface area contributed by atoms with Gasteiger partial charge in [-0.1, -0.05) is 25.2 Å². The summed E-state index contributed by atoms with van der Waals surface area (Å²) in [6, 6.07) is 12.4. The zero-order chi connectivity index (χ0) is 33.5. The number of furan rings is 2. The van der Waals surface area contributed by atoms with Crippen molar-refractivity contribution in [1.82, 2.24) is 0 Å². The molecule has 4 rings (SSSR count). The van der Waals surface area contributed by atoms with Crippen molar-refractivity contribution in [3.63, 3.8) is 0 Å². The second-order valence-electron chi connectivity index (χ2n) is 9.24. The van der Waals surface area contributed by atoms with Crippen molar-refractivity contribution in [1.29, 1.82) is 21.0 Å². The lowest BCUT2D eigenvalue weighted by Crippen LogP contribution is -2.14. The Morgan fingerprint density at radius 3 is 1.59 bits per heavy atom. The first-order chi connectivity index (χ1) is 21.9. The largest absolute Gasteiger partial charge is 0.484 e. The molecule has 8 nitrogen and oxygen atoms in total. The van der Waals surface area contributed by atoms with Gasteiger partial charge in [0.15, 0.2) is 11.5 Å². The lowest BCUT2D eigenvalue weighted by atomic mass is 10.1. The highest BCUT2D eigenvalue weighted by Crippen LogP contribution is 2.54. The Bertz CT molecular complexity index is 1920. The molecule has 0 bridgehead atoms. The highest BCUT2D eigenvalue weighted by molar-refractivity contribution is 14.2. The van der Waals surface area contributed by atoms with Gasteiger partial charge in [0, 0.05) is 6.42 Å². The molecule has 0 aromatic carbocycles. The third kappa shape index (κ3) is 8.60. The monoisotopic (exact) mass is 764 g/mol. The maximum atomic E-state index is 14.2. The summed E-state index contributed by atoms with van der Waals surface area (Å²) in [5.41, 5.74) is -1.23. The lowest BCUT2D eigenvalue weighted by Gasteiger charge is -2.16. The van der Waals surface area contributed by atoms with Gasteiger partial charge in [-0.15, -0.1) is 11.3 Å². The van der Waals surface area contributed by atoms with Gasteiger partial charge < -0.3 is 18.3 Å². The van der Waals surface area contributed by atoms with Crippen LogP contribution < -0.4 is 9.47 Å². The molecule has 234 valence electrons. The molecule has 15 heteroatoms. The minimum Gasteiger partial charge on any atom is -0.484 e. The molecule has 0 radical (unpaired) electrons. The Morgan fingerprint density at radius 1 is 0.761 bits per heavy atom. The van der Waals surface area contributed by atoms with Gasteiger partial charge in [-0.25, -0.2) is 0 Å². The fourth-order valence-corrected chi connectivity index (χ4v) is 5.92. The zero-order valence-corrected chi connectivity index (χ0v) is 26.2. The standard InChI is InChI=1S/C31H18F5IN4O4S/c1-37-31(35,36)13-19(9-21(16-40)17-41)11-23-3-5-25(45-23)29-27-26(42-6-7-43-27)28(46-29)24-4-2-22(44-24)10-18(12-30(32,33)34)8-20(14-38)15-39/h2-5,8-11H,1,6-7,12-13H2/b18-10+,19-11+. The average Bonchev–Trinajstić information content (AvgIpc) is 3.76. The van der Waals surface area contributed by atoms with Crippen LogP contribution in [0, 0.1) is 45.3 Å². The molecule has 0 saturated heterocycles. The summed E-state index contributed by atoms with van der Waals surface area (Å²) in [6.07, 6.45) is -2.48. The molecule has 0 saturated carbocycles. The number of nitriles is 4. The number of halogens is 6. The van der Waals surface area contributed by atoms with Crippen LogP contribution in [-0.4, -0.2) is 27.8 Å². The van der Waals surface area contributed by atoms with E-state index >= 15 is 0 Å². The van der Waals surface area contributed by atoms with Crippen LogP contribution in [0.4, 0.5) is 22.0 Å². The first-order valence-corrected chi connectivity index (χ1v) is 16.2. The Kier molecular flexibility index (Phi) is 10.6. The quantitative estimate of drug-likeness (QED) is 0.0655. The van der Waals surface area contributed by atoms with E-state index in [1.807, 2.05) is 0 Å². The minimum absolute atomic E-state index is 0.00611. The first-order valence-electron chi connectivity index (χ1n) is 12.8. The van der Waals surface area contributed by atoms with Crippen LogP contribution in [0.2, 0.25) is 0 Å². The van der Waals surface area contributed by atoms with Gasteiger partial charge in [0.1, 0.15) is 81.4 Å². The molecule has 0 spiro atoms. The maximum absolute atomic E-state index is 14.2. The predicted octanol–water partition coefficient (Wildman–Crippen LogP) is 9.09. The number of thiophene rings is 1. The third-order valence-electron chi connectivity index (χ3n) is 5.90. The molecule has 1 aliphatic rings. The summed E-state index contributed by atoms with van der Waals surface area (Å²) < 4.78 is 91.6. The molecular formula is C31H18F5IN4O4S. The van der Waals surface area contributed by atoms with Crippen LogP contribution in [0.15, 0.2) is 67.5 Å². The number of hydrogen-bond acceptors (Lipinski definition) is 9. The molecule has 0 atom stereocenters. The van der Waals surface area contributed by atoms with E-state index in [2.05, 4.69) is 4.51 Å². The van der Waals surface area contributed by atoms with Gasteiger partial charge in [0.05, 0.1) is 6.42 Å². The van der Waals surface area contributed by atoms with Crippen molar-refractivity contribution in [2.75, 3.05) is 13.2 Å². The van der Waals surface area contributed by atoms with E-state index in [0.29, 0.717) is 21.3 Å². The van der Waals surface area contributed by atoms with Crippen molar-refractivity contribution >= 4 is 48.7 Å². The van der Waals surface area contributed by atoms with E-state index in [9.17, 15) is 22.0 Å². The average molecular weight is 764 g/mol. The van der Waals surface area contributed by atoms with Crippen LogP contribution in [-0.2, 0) is 0 Å². The van der Waals surface area contributed by atoms with Crippen LogP contribution in [0.3, 0.4) is 0 Å². The van der Waals surface area contributed by atoms with Crippen molar-refractivity contribution in [2.24, 2.45) is 0 Å². The number of allylic oxidation sites excluding steroid dienone is 6. The van der Waals surface area contributed by atoms with Crippen LogP contribution in [0.25, 0.3) is 33.4 Å². The van der Waals surface area contributed by atoms with E-state index in [1.165, 1.54) is 36.4 Å². The number of ether oxygens (including phenoxy) is 2. The van der Waals surface area contributed by atoms with E-state index in [-0.39, 0.29) is 53.0 Å². The summed E-state index contributed by atoms with van der Waals surface area (Å²) >= 11 is -0.601. The van der Waals surface area contributed by atoms with Crippen molar-refractivity contribution < 1.29 is 40.3 Å². The Hall–Kier alpha value is -4.97. The van der Waals surface area contributed by atoms with Crippen molar-refractivity contribution in [2.45, 2.75) is 22.9 Å². The molecule has 0 aliphatic carbocycles. The van der Waals surface area contributed by atoms with Crippen molar-refractivity contribution in [3.05, 3.63) is 70.2 Å². The van der Waals surface area contributed by atoms with Crippen molar-refractivity contribution in [3.8, 4) is 57.1 Å². The fourth-order valence-electron chi connectivity index (χ4n) is 4.09. The SMILES string of the molecule is C=IC(F)(F)C/C(C=C(C#N)C#N)=C/c1ccc(-c2sc(-c3ccc(/C=C(\C=C(C#N)C#N)CC(F)(F)F)o3)c3c2OCCO3)o1. The highest BCUT2D eigenvalue weighted by atomic mass is 127. The Labute approximate surface area is 272 Å². The topological polar surface area (TPSA) is 140 Å². The van der Waals surface area contributed by atoms with Gasteiger partial charge in [-0.2, -0.15) is 43.0 Å². The molecule has 0 amide bonds. The molecule has 46 heavy (non-hydrogen) atoms. The molecule has 1 aliphatic heterocycles. The van der Waals surface area contributed by atoms with Crippen LogP contribution in [0.1, 0.15) is 24.4 Å². The van der Waals surface area contributed by atoms with Gasteiger partial charge >= 0.3 is 6.18 Å². The van der Waals surface area contributed by atoms with Crippen LogP contribution >= 0.6 is 32.1 Å². The molecule has 3 aromatic rings. The second-order valence-corrected chi connectivity index (χ2v) is 12.6. The number of nitrogens with zero attached hydrogens (tertiary/aromatic N) is 4. The van der Waals surface area contributed by atoms with Gasteiger partial charge in [0.25, 0.3) is 3.93 Å². The summed E-state index contributed by atoms with van der Waals surface area (Å²) in [5.74, 6) is 1.27. The summed E-state index contributed by atoms with van der Waals surface area (Å²) in [6.45, 7) is 0.395. The zero-order valence-electron chi connectivity index (χ0n) is 23.3. The fraction of sp³-hybridized carbons (Fsp3) is 0.194. The van der Waals surface area contributed by atoms with Gasteiger partial charge in [-0.3, -0.25) is 0 Å². The number of fused-ring (bicyclic) bond motifs is 1. The summed E-state index contributed by atoms with van der Waals surface area (Å²) in [5, 5.41) is 36.2. The van der Waals surface area contributed by atoms with E-state index in [0.717, 1.165) is 29.6 Å². The molecular weight excluding hydrogens is 746 g/mol. The first kappa shape index (κ1) is 33.9. The number of alkyl halides is 6. The molecule has 4 heterocycles. The second kappa shape index (κ2) is 14.4. The summed E-state index contributed by atoms with van der Waals surface area (Å²) in [4.78, 5) is 0.878. The van der Waals surface area contributed by atoms with Crippen LogP contribution in [0.5, 0.6) is 11.5 Å². The van der Waals surface area contributed by atoms with E-state index < -0.39 is 49.3 Å². The Balaban J connectivity index is 1.73. The van der Waals surface area contributed by atoms with Gasteiger partial charge in [0.2, 0.25) is 0 Å². The van der Waals surface area contributed by atoms with Gasteiger partial charge in [-0.05, 0) is 59.7 Å². The Morgan fingerprint density at radius 2 is 1.20 bits per heavy atom. The molecule has 0 fully saturated rings. The highest BCUT2D eigenvalue weighted by Gasteiger charge is 2.31. The molecule has 0 unspecified atom stereocenters. The summed E-state index contributed by atoms with van der Waals surface area (Å²) in [7, 11) is 0. The lowest BCUT2D eigenvalue weighted by molar-refractivity contribution is -0.126. The molecule has 0 N–H and O–H groups in total. The number of rotatable bonds is 10. The molecule has 3 aromatic heterocycles. The third-order valence-corrected chi connectivity index (χ3v) is 8.58.